The molecule has 1 atom stereocenters. The number of ether oxygens (including phenoxy) is 3. The largest absolute Gasteiger partial charge is 0.497 e. The van der Waals surface area contributed by atoms with Crippen LogP contribution in [0.4, 0.5) is 0 Å². The summed E-state index contributed by atoms with van der Waals surface area (Å²) in [5, 5.41) is 3.00. The number of nitrogens with one attached hydrogen (secondary N) is 1. The number of hydrogen-bond donors (Lipinski definition) is 1. The quantitative estimate of drug-likeness (QED) is 0.683. The number of fused-ring (bicyclic) bond motifs is 1. The number of aromatic nitrogens is 1. The van der Waals surface area contributed by atoms with Crippen molar-refractivity contribution in [2.45, 2.75) is 19.0 Å². The summed E-state index contributed by atoms with van der Waals surface area (Å²) in [7, 11) is 1.64. The molecule has 0 bridgehead atoms. The SMILES string of the molecule is COc1ccc([C@H](CC(=O)NCc2ccc3c(c2)OCO3)n2cccc2)cc1. The minimum Gasteiger partial charge on any atom is -0.497 e. The van der Waals surface area contributed by atoms with E-state index >= 15 is 0 Å². The van der Waals surface area contributed by atoms with Crippen LogP contribution in [0.25, 0.3) is 0 Å². The van der Waals surface area contributed by atoms with Gasteiger partial charge in [0.25, 0.3) is 0 Å². The van der Waals surface area contributed by atoms with Crippen molar-refractivity contribution in [2.24, 2.45) is 0 Å². The molecule has 28 heavy (non-hydrogen) atoms. The number of carbonyl (C=O) groups is 1. The molecule has 6 heteroatoms. The Morgan fingerprint density at radius 2 is 1.86 bits per heavy atom. The van der Waals surface area contributed by atoms with Gasteiger partial charge in [0.2, 0.25) is 12.7 Å². The van der Waals surface area contributed by atoms with E-state index in [2.05, 4.69) is 5.32 Å². The molecule has 1 N–H and O–H groups in total. The Morgan fingerprint density at radius 3 is 2.61 bits per heavy atom. The molecule has 1 aliphatic heterocycles. The van der Waals surface area contributed by atoms with E-state index in [4.69, 9.17) is 14.2 Å². The summed E-state index contributed by atoms with van der Waals surface area (Å²) in [6.45, 7) is 0.683. The number of rotatable bonds is 7. The van der Waals surface area contributed by atoms with Gasteiger partial charge in [0.1, 0.15) is 5.75 Å². The van der Waals surface area contributed by atoms with Crippen molar-refractivity contribution >= 4 is 5.91 Å². The maximum absolute atomic E-state index is 12.6. The Kier molecular flexibility index (Phi) is 5.19. The highest BCUT2D eigenvalue weighted by Gasteiger charge is 2.18. The van der Waals surface area contributed by atoms with Crippen molar-refractivity contribution in [1.82, 2.24) is 9.88 Å². The predicted molar refractivity (Wildman–Crippen MR) is 105 cm³/mol. The van der Waals surface area contributed by atoms with E-state index in [9.17, 15) is 4.79 Å². The van der Waals surface area contributed by atoms with Crippen molar-refractivity contribution in [3.63, 3.8) is 0 Å². The first-order valence-electron chi connectivity index (χ1n) is 9.14. The zero-order valence-corrected chi connectivity index (χ0v) is 15.6. The van der Waals surface area contributed by atoms with Crippen LogP contribution in [0.3, 0.4) is 0 Å². The molecule has 1 aliphatic rings. The van der Waals surface area contributed by atoms with Gasteiger partial charge in [0, 0.05) is 18.9 Å². The van der Waals surface area contributed by atoms with Crippen molar-refractivity contribution < 1.29 is 19.0 Å². The van der Waals surface area contributed by atoms with Crippen molar-refractivity contribution in [1.29, 1.82) is 0 Å². The lowest BCUT2D eigenvalue weighted by atomic mass is 10.0. The second-order valence-corrected chi connectivity index (χ2v) is 6.59. The summed E-state index contributed by atoms with van der Waals surface area (Å²) in [5.74, 6) is 2.23. The fraction of sp³-hybridized carbons (Fsp3) is 0.227. The summed E-state index contributed by atoms with van der Waals surface area (Å²) >= 11 is 0. The fourth-order valence-electron chi connectivity index (χ4n) is 3.28. The fourth-order valence-corrected chi connectivity index (χ4v) is 3.28. The van der Waals surface area contributed by atoms with Gasteiger partial charge in [-0.1, -0.05) is 18.2 Å². The molecule has 2 heterocycles. The van der Waals surface area contributed by atoms with E-state index in [-0.39, 0.29) is 18.7 Å². The molecule has 0 aliphatic carbocycles. The van der Waals surface area contributed by atoms with Crippen LogP contribution >= 0.6 is 0 Å². The summed E-state index contributed by atoms with van der Waals surface area (Å²) in [6.07, 6.45) is 4.28. The minimum atomic E-state index is -0.0855. The van der Waals surface area contributed by atoms with Crippen LogP contribution in [-0.4, -0.2) is 24.4 Å². The van der Waals surface area contributed by atoms with Gasteiger partial charge in [-0.05, 0) is 47.5 Å². The van der Waals surface area contributed by atoms with Crippen molar-refractivity contribution in [2.75, 3.05) is 13.9 Å². The number of amides is 1. The standard InChI is InChI=1S/C22H22N2O4/c1-26-18-7-5-17(6-8-18)19(24-10-2-3-11-24)13-22(25)23-14-16-4-9-20-21(12-16)28-15-27-20/h2-12,19H,13-15H2,1H3,(H,23,25)/t19-/m0/s1. The van der Waals surface area contributed by atoms with E-state index in [1.165, 1.54) is 0 Å². The lowest BCUT2D eigenvalue weighted by Gasteiger charge is -2.20. The van der Waals surface area contributed by atoms with Crippen molar-refractivity contribution in [3.05, 3.63) is 78.1 Å². The van der Waals surface area contributed by atoms with Crippen LogP contribution in [0.5, 0.6) is 17.2 Å². The highest BCUT2D eigenvalue weighted by atomic mass is 16.7. The smallest absolute Gasteiger partial charge is 0.231 e. The summed E-state index contributed by atoms with van der Waals surface area (Å²) in [4.78, 5) is 12.6. The molecule has 0 unspecified atom stereocenters. The van der Waals surface area contributed by atoms with Gasteiger partial charge >= 0.3 is 0 Å². The summed E-state index contributed by atoms with van der Waals surface area (Å²) < 4.78 is 18.0. The van der Waals surface area contributed by atoms with Gasteiger partial charge in [-0.2, -0.15) is 0 Å². The van der Waals surface area contributed by atoms with Crippen LogP contribution < -0.4 is 19.5 Å². The second-order valence-electron chi connectivity index (χ2n) is 6.59. The molecule has 0 fully saturated rings. The lowest BCUT2D eigenvalue weighted by molar-refractivity contribution is -0.121. The lowest BCUT2D eigenvalue weighted by Crippen LogP contribution is -2.26. The van der Waals surface area contributed by atoms with Gasteiger partial charge in [0.15, 0.2) is 11.5 Å². The molecular weight excluding hydrogens is 356 g/mol. The Hall–Kier alpha value is -3.41. The number of nitrogens with zero attached hydrogens (tertiary/aromatic N) is 1. The number of carbonyl (C=O) groups excluding carboxylic acids is 1. The zero-order valence-electron chi connectivity index (χ0n) is 15.6. The maximum atomic E-state index is 12.6. The zero-order chi connectivity index (χ0) is 19.3. The molecule has 3 aromatic rings. The van der Waals surface area contributed by atoms with Gasteiger partial charge in [0.05, 0.1) is 19.6 Å². The Bertz CT molecular complexity index is 936. The molecule has 2 aromatic carbocycles. The van der Waals surface area contributed by atoms with E-state index < -0.39 is 0 Å². The highest BCUT2D eigenvalue weighted by Crippen LogP contribution is 2.32. The minimum absolute atomic E-state index is 0.0211. The molecule has 0 saturated heterocycles. The first-order chi connectivity index (χ1) is 13.7. The molecule has 0 radical (unpaired) electrons. The Balaban J connectivity index is 1.43. The average molecular weight is 378 g/mol. The summed E-state index contributed by atoms with van der Waals surface area (Å²) in [6, 6.07) is 17.3. The maximum Gasteiger partial charge on any atom is 0.231 e. The monoisotopic (exact) mass is 378 g/mol. The van der Waals surface area contributed by atoms with Gasteiger partial charge in [-0.25, -0.2) is 0 Å². The molecule has 4 rings (SSSR count). The number of methoxy groups -OCH3 is 1. The Labute approximate surface area is 163 Å². The first-order valence-corrected chi connectivity index (χ1v) is 9.14. The topological polar surface area (TPSA) is 61.7 Å². The predicted octanol–water partition coefficient (Wildman–Crippen LogP) is 3.52. The summed E-state index contributed by atoms with van der Waals surface area (Å²) in [5.41, 5.74) is 2.02. The first kappa shape index (κ1) is 18.0. The Morgan fingerprint density at radius 1 is 1.11 bits per heavy atom. The number of benzene rings is 2. The van der Waals surface area contributed by atoms with Crippen molar-refractivity contribution in [3.8, 4) is 17.2 Å². The van der Waals surface area contributed by atoms with E-state index in [0.29, 0.717) is 13.0 Å². The van der Waals surface area contributed by atoms with Crippen LogP contribution in [0.2, 0.25) is 0 Å². The normalized spacial score (nSPS) is 13.2. The molecule has 1 aromatic heterocycles. The third-order valence-electron chi connectivity index (χ3n) is 4.79. The van der Waals surface area contributed by atoms with Gasteiger partial charge in [-0.15, -0.1) is 0 Å². The third-order valence-corrected chi connectivity index (χ3v) is 4.79. The van der Waals surface area contributed by atoms with Crippen LogP contribution in [0, 0.1) is 0 Å². The molecule has 0 saturated carbocycles. The highest BCUT2D eigenvalue weighted by molar-refractivity contribution is 5.77. The molecule has 0 spiro atoms. The van der Waals surface area contributed by atoms with Gasteiger partial charge in [-0.3, -0.25) is 4.79 Å². The average Bonchev–Trinajstić information content (AvgIpc) is 3.42. The van der Waals surface area contributed by atoms with Crippen LogP contribution in [-0.2, 0) is 11.3 Å². The molecule has 144 valence electrons. The molecule has 1 amide bonds. The van der Waals surface area contributed by atoms with Gasteiger partial charge < -0.3 is 24.1 Å². The second kappa shape index (κ2) is 8.08. The van der Waals surface area contributed by atoms with Crippen LogP contribution in [0.15, 0.2) is 67.0 Å². The van der Waals surface area contributed by atoms with Crippen LogP contribution in [0.1, 0.15) is 23.6 Å². The third kappa shape index (κ3) is 3.96. The molecule has 6 nitrogen and oxygen atoms in total. The van der Waals surface area contributed by atoms with E-state index in [1.807, 2.05) is 71.6 Å². The molecular formula is C22H22N2O4. The van der Waals surface area contributed by atoms with E-state index in [0.717, 1.165) is 28.4 Å². The van der Waals surface area contributed by atoms with E-state index in [1.54, 1.807) is 7.11 Å². The number of hydrogen-bond acceptors (Lipinski definition) is 4.